The maximum Gasteiger partial charge on any atom is 0.221 e. The molecule has 0 spiro atoms. The lowest BCUT2D eigenvalue weighted by atomic mass is 9.98. The van der Waals surface area contributed by atoms with Crippen LogP contribution in [0.15, 0.2) is 78.9 Å². The van der Waals surface area contributed by atoms with Gasteiger partial charge in [0.15, 0.2) is 0 Å². The van der Waals surface area contributed by atoms with E-state index in [1.165, 1.54) is 12.1 Å². The Balaban J connectivity index is 1.73. The highest BCUT2D eigenvalue weighted by molar-refractivity contribution is 5.77. The van der Waals surface area contributed by atoms with E-state index in [2.05, 4.69) is 5.32 Å². The number of nitrogens with one attached hydrogen (secondary N) is 1. The molecule has 0 saturated heterocycles. The highest BCUT2D eigenvalue weighted by Gasteiger charge is 2.17. The molecule has 0 saturated carbocycles. The Labute approximate surface area is 165 Å². The maximum absolute atomic E-state index is 13.3. The summed E-state index contributed by atoms with van der Waals surface area (Å²) in [5, 5.41) is 3.11. The minimum atomic E-state index is -0.283. The third-order valence-corrected chi connectivity index (χ3v) is 4.49. The molecule has 0 radical (unpaired) electrons. The molecule has 1 atom stereocenters. The van der Waals surface area contributed by atoms with Gasteiger partial charge in [0.2, 0.25) is 5.91 Å². The minimum Gasteiger partial charge on any atom is -0.494 e. The summed E-state index contributed by atoms with van der Waals surface area (Å²) in [5.74, 6) is 0.442. The van der Waals surface area contributed by atoms with Gasteiger partial charge in [0.05, 0.1) is 12.6 Å². The molecule has 3 rings (SSSR count). The molecule has 3 aromatic carbocycles. The van der Waals surface area contributed by atoms with Crippen LogP contribution in [0, 0.1) is 5.82 Å². The van der Waals surface area contributed by atoms with Crippen molar-refractivity contribution in [3.63, 3.8) is 0 Å². The van der Waals surface area contributed by atoms with Crippen LogP contribution in [0.25, 0.3) is 0 Å². The molecule has 3 aromatic rings. The lowest BCUT2D eigenvalue weighted by molar-refractivity contribution is -0.121. The van der Waals surface area contributed by atoms with Gasteiger partial charge in [0, 0.05) is 6.42 Å². The highest BCUT2D eigenvalue weighted by Crippen LogP contribution is 2.24. The van der Waals surface area contributed by atoms with Crippen molar-refractivity contribution in [2.24, 2.45) is 0 Å². The van der Waals surface area contributed by atoms with E-state index >= 15 is 0 Å². The first kappa shape index (κ1) is 19.6. The van der Waals surface area contributed by atoms with Crippen LogP contribution in [-0.2, 0) is 11.2 Å². The van der Waals surface area contributed by atoms with E-state index in [1.54, 1.807) is 6.07 Å². The average molecular weight is 377 g/mol. The fraction of sp³-hybridized carbons (Fsp3) is 0.208. The number of halogens is 1. The van der Waals surface area contributed by atoms with Crippen molar-refractivity contribution in [3.8, 4) is 5.75 Å². The zero-order valence-corrected chi connectivity index (χ0v) is 15.9. The average Bonchev–Trinajstić information content (AvgIpc) is 2.72. The zero-order chi connectivity index (χ0) is 19.8. The maximum atomic E-state index is 13.3. The Hall–Kier alpha value is -3.14. The summed E-state index contributed by atoms with van der Waals surface area (Å²) in [4.78, 5) is 12.6. The van der Waals surface area contributed by atoms with Gasteiger partial charge in [-0.15, -0.1) is 0 Å². The fourth-order valence-electron chi connectivity index (χ4n) is 3.11. The lowest BCUT2D eigenvalue weighted by Gasteiger charge is -2.20. The predicted octanol–water partition coefficient (Wildman–Crippen LogP) is 5.06. The van der Waals surface area contributed by atoms with E-state index in [4.69, 9.17) is 4.74 Å². The van der Waals surface area contributed by atoms with Gasteiger partial charge in [-0.05, 0) is 54.3 Å². The molecule has 1 N–H and O–H groups in total. The first-order valence-electron chi connectivity index (χ1n) is 9.47. The number of rotatable bonds is 8. The molecule has 0 heterocycles. The molecular formula is C24H24FNO2. The monoisotopic (exact) mass is 377 g/mol. The van der Waals surface area contributed by atoms with Gasteiger partial charge >= 0.3 is 0 Å². The van der Waals surface area contributed by atoms with Crippen LogP contribution in [0.3, 0.4) is 0 Å². The number of hydrogen-bond donors (Lipinski definition) is 1. The Morgan fingerprint density at radius 3 is 2.36 bits per heavy atom. The first-order chi connectivity index (χ1) is 13.7. The van der Waals surface area contributed by atoms with Crippen molar-refractivity contribution in [2.75, 3.05) is 6.61 Å². The predicted molar refractivity (Wildman–Crippen MR) is 109 cm³/mol. The molecule has 144 valence electrons. The molecule has 4 heteroatoms. The van der Waals surface area contributed by atoms with Crippen molar-refractivity contribution < 1.29 is 13.9 Å². The standard InChI is InChI=1S/C24H24FNO2/c1-2-28-22-14-12-20(13-15-22)24(19-8-4-3-5-9-19)26-23(27)16-11-18-7-6-10-21(25)17-18/h3-10,12-15,17,24H,2,11,16H2,1H3,(H,26,27). The number of carbonyl (C=O) groups excluding carboxylic acids is 1. The molecule has 28 heavy (non-hydrogen) atoms. The summed E-state index contributed by atoms with van der Waals surface area (Å²) in [6.45, 7) is 2.55. The molecule has 1 unspecified atom stereocenters. The molecule has 1 amide bonds. The molecule has 3 nitrogen and oxygen atoms in total. The Kier molecular flexibility index (Phi) is 6.79. The molecular weight excluding hydrogens is 353 g/mol. The Bertz CT molecular complexity index is 894. The van der Waals surface area contributed by atoms with Crippen LogP contribution in [0.1, 0.15) is 36.1 Å². The van der Waals surface area contributed by atoms with Crippen molar-refractivity contribution in [3.05, 3.63) is 101 Å². The van der Waals surface area contributed by atoms with E-state index in [0.29, 0.717) is 19.4 Å². The van der Waals surface area contributed by atoms with Gasteiger partial charge in [-0.1, -0.05) is 54.6 Å². The molecule has 0 fully saturated rings. The molecule has 0 aliphatic carbocycles. The van der Waals surface area contributed by atoms with E-state index in [0.717, 1.165) is 22.4 Å². The van der Waals surface area contributed by atoms with E-state index in [-0.39, 0.29) is 17.8 Å². The van der Waals surface area contributed by atoms with Gasteiger partial charge in [0.1, 0.15) is 11.6 Å². The Morgan fingerprint density at radius 2 is 1.68 bits per heavy atom. The number of aryl methyl sites for hydroxylation is 1. The number of carbonyl (C=O) groups is 1. The normalized spacial score (nSPS) is 11.6. The quantitative estimate of drug-likeness (QED) is 0.596. The van der Waals surface area contributed by atoms with Crippen molar-refractivity contribution in [1.82, 2.24) is 5.32 Å². The van der Waals surface area contributed by atoms with Gasteiger partial charge in [-0.25, -0.2) is 4.39 Å². The summed E-state index contributed by atoms with van der Waals surface area (Å²) in [7, 11) is 0. The van der Waals surface area contributed by atoms with E-state index < -0.39 is 0 Å². The van der Waals surface area contributed by atoms with Gasteiger partial charge in [-0.2, -0.15) is 0 Å². The van der Waals surface area contributed by atoms with Crippen LogP contribution < -0.4 is 10.1 Å². The van der Waals surface area contributed by atoms with Gasteiger partial charge in [0.25, 0.3) is 0 Å². The van der Waals surface area contributed by atoms with Gasteiger partial charge < -0.3 is 10.1 Å². The summed E-state index contributed by atoms with van der Waals surface area (Å²) in [6, 6.07) is 23.7. The van der Waals surface area contributed by atoms with Crippen molar-refractivity contribution in [2.45, 2.75) is 25.8 Å². The minimum absolute atomic E-state index is 0.0769. The van der Waals surface area contributed by atoms with E-state index in [9.17, 15) is 9.18 Å². The van der Waals surface area contributed by atoms with Crippen LogP contribution in [0.2, 0.25) is 0 Å². The van der Waals surface area contributed by atoms with Crippen molar-refractivity contribution in [1.29, 1.82) is 0 Å². The second-order valence-electron chi connectivity index (χ2n) is 6.54. The number of amides is 1. The Morgan fingerprint density at radius 1 is 0.964 bits per heavy atom. The number of ether oxygens (including phenoxy) is 1. The second kappa shape index (κ2) is 9.70. The van der Waals surface area contributed by atoms with Crippen LogP contribution in [0.4, 0.5) is 4.39 Å². The summed E-state index contributed by atoms with van der Waals surface area (Å²) < 4.78 is 18.8. The number of benzene rings is 3. The summed E-state index contributed by atoms with van der Waals surface area (Å²) >= 11 is 0. The molecule has 0 bridgehead atoms. The van der Waals surface area contributed by atoms with Gasteiger partial charge in [-0.3, -0.25) is 4.79 Å². The van der Waals surface area contributed by atoms with E-state index in [1.807, 2.05) is 67.6 Å². The largest absolute Gasteiger partial charge is 0.494 e. The highest BCUT2D eigenvalue weighted by atomic mass is 19.1. The molecule has 0 aliphatic heterocycles. The molecule has 0 aliphatic rings. The second-order valence-corrected chi connectivity index (χ2v) is 6.54. The SMILES string of the molecule is CCOc1ccc(C(NC(=O)CCc2cccc(F)c2)c2ccccc2)cc1. The third-order valence-electron chi connectivity index (χ3n) is 4.49. The smallest absolute Gasteiger partial charge is 0.221 e. The topological polar surface area (TPSA) is 38.3 Å². The summed E-state index contributed by atoms with van der Waals surface area (Å²) in [5.41, 5.74) is 2.80. The number of hydrogen-bond acceptors (Lipinski definition) is 2. The first-order valence-corrected chi connectivity index (χ1v) is 9.47. The summed E-state index contributed by atoms with van der Waals surface area (Å²) in [6.07, 6.45) is 0.790. The molecule has 0 aromatic heterocycles. The lowest BCUT2D eigenvalue weighted by Crippen LogP contribution is -2.29. The van der Waals surface area contributed by atoms with Crippen molar-refractivity contribution >= 4 is 5.91 Å². The fourth-order valence-corrected chi connectivity index (χ4v) is 3.11. The van der Waals surface area contributed by atoms with Crippen LogP contribution in [-0.4, -0.2) is 12.5 Å². The van der Waals surface area contributed by atoms with Crippen LogP contribution in [0.5, 0.6) is 5.75 Å². The van der Waals surface area contributed by atoms with Crippen LogP contribution >= 0.6 is 0 Å². The zero-order valence-electron chi connectivity index (χ0n) is 15.9. The third kappa shape index (κ3) is 5.43.